The molecule has 0 spiro atoms. The molecular weight excluding hydrogens is 523 g/mol. The number of aromatic nitrogens is 1. The Kier molecular flexibility index (Phi) is 10.2. The van der Waals surface area contributed by atoms with Gasteiger partial charge in [0.25, 0.3) is 5.91 Å². The first-order chi connectivity index (χ1) is 17.2. The predicted octanol–water partition coefficient (Wildman–Crippen LogP) is 3.64. The molecule has 1 aromatic heterocycles. The van der Waals surface area contributed by atoms with E-state index in [9.17, 15) is 27.9 Å². The molecule has 9 nitrogen and oxygen atoms in total. The lowest BCUT2D eigenvalue weighted by Crippen LogP contribution is -2.42. The highest BCUT2D eigenvalue weighted by Crippen LogP contribution is 2.32. The van der Waals surface area contributed by atoms with Gasteiger partial charge in [0, 0.05) is 12.6 Å². The number of carbonyl (C=O) groups is 2. The van der Waals surface area contributed by atoms with Crippen molar-refractivity contribution in [2.45, 2.75) is 44.8 Å². The highest BCUT2D eigenvalue weighted by Gasteiger charge is 2.24. The zero-order chi connectivity index (χ0) is 26.2. The number of anilines is 1. The fourth-order valence-electron chi connectivity index (χ4n) is 3.90. The summed E-state index contributed by atoms with van der Waals surface area (Å²) in [7, 11) is 0. The molecule has 198 valence electrons. The number of nitrogens with two attached hydrogens (primary N) is 1. The normalized spacial score (nSPS) is 16.1. The zero-order valence-corrected chi connectivity index (χ0v) is 20.9. The fourth-order valence-corrected chi connectivity index (χ4v) is 4.82. The van der Waals surface area contributed by atoms with Gasteiger partial charge in [0.15, 0.2) is 11.6 Å². The van der Waals surface area contributed by atoms with Crippen molar-refractivity contribution in [1.29, 1.82) is 0 Å². The van der Waals surface area contributed by atoms with Gasteiger partial charge in [-0.3, -0.25) is 15.0 Å². The summed E-state index contributed by atoms with van der Waals surface area (Å²) < 4.78 is 50.7. The molecule has 0 saturated carbocycles. The van der Waals surface area contributed by atoms with Crippen LogP contribution in [0.2, 0.25) is 5.02 Å². The van der Waals surface area contributed by atoms with Crippen LogP contribution < -0.4 is 21.1 Å². The summed E-state index contributed by atoms with van der Waals surface area (Å²) in [5.74, 6) is -5.46. The van der Waals surface area contributed by atoms with E-state index in [1.807, 2.05) is 0 Å². The van der Waals surface area contributed by atoms with Crippen LogP contribution in [0, 0.1) is 17.5 Å². The van der Waals surface area contributed by atoms with Crippen molar-refractivity contribution in [3.8, 4) is 5.88 Å². The third-order valence-electron chi connectivity index (χ3n) is 5.81. The maximum absolute atomic E-state index is 14.0. The van der Waals surface area contributed by atoms with Crippen LogP contribution in [-0.4, -0.2) is 58.6 Å². The van der Waals surface area contributed by atoms with Crippen molar-refractivity contribution >= 4 is 40.1 Å². The molecule has 2 heterocycles. The topological polar surface area (TPSA) is 130 Å². The van der Waals surface area contributed by atoms with E-state index < -0.39 is 46.6 Å². The molecule has 1 saturated heterocycles. The molecule has 2 aromatic rings. The summed E-state index contributed by atoms with van der Waals surface area (Å²) in [6.45, 7) is 1.50. The number of ether oxygens (including phenoxy) is 1. The van der Waals surface area contributed by atoms with Crippen molar-refractivity contribution in [3.05, 3.63) is 39.7 Å². The molecule has 1 aromatic carbocycles. The van der Waals surface area contributed by atoms with Crippen LogP contribution in [0.15, 0.2) is 6.07 Å². The molecule has 1 fully saturated rings. The third-order valence-corrected chi connectivity index (χ3v) is 6.83. The summed E-state index contributed by atoms with van der Waals surface area (Å²) in [4.78, 5) is 26.4. The van der Waals surface area contributed by atoms with Crippen LogP contribution in [0.4, 0.5) is 23.0 Å². The number of unbranched alkanes of at least 4 members (excludes halogenated alkanes) is 1. The molecule has 0 radical (unpaired) electrons. The highest BCUT2D eigenvalue weighted by atomic mass is 35.5. The number of urea groups is 1. The summed E-state index contributed by atoms with van der Waals surface area (Å²) in [5, 5.41) is 13.9. The Bertz CT molecular complexity index is 1090. The number of nitrogens with zero attached hydrogens (tertiary/aromatic N) is 2. The number of primary amides is 1. The smallest absolute Gasteiger partial charge is 0.319 e. The van der Waals surface area contributed by atoms with Crippen molar-refractivity contribution in [3.63, 3.8) is 0 Å². The Hall–Kier alpha value is -2.61. The molecule has 3 rings (SSSR count). The van der Waals surface area contributed by atoms with E-state index in [0.717, 1.165) is 38.8 Å². The van der Waals surface area contributed by atoms with Gasteiger partial charge in [-0.1, -0.05) is 18.0 Å². The SMILES string of the molecule is NC(=O)c1c(OCc2c(F)cc(Cl)c(F)c2F)nsc1NC(=O)NCCCCN1CCCCC1CO. The highest BCUT2D eigenvalue weighted by molar-refractivity contribution is 7.11. The first-order valence-electron chi connectivity index (χ1n) is 11.4. The summed E-state index contributed by atoms with van der Waals surface area (Å²) in [6.07, 6.45) is 4.76. The van der Waals surface area contributed by atoms with Crippen molar-refractivity contribution < 1.29 is 32.6 Å². The third kappa shape index (κ3) is 6.99. The second kappa shape index (κ2) is 13.1. The molecule has 0 bridgehead atoms. The van der Waals surface area contributed by atoms with Crippen LogP contribution in [0.5, 0.6) is 5.88 Å². The van der Waals surface area contributed by atoms with Crippen LogP contribution in [0.3, 0.4) is 0 Å². The van der Waals surface area contributed by atoms with Crippen LogP contribution in [-0.2, 0) is 6.61 Å². The van der Waals surface area contributed by atoms with E-state index in [4.69, 9.17) is 22.1 Å². The molecule has 1 aliphatic heterocycles. The van der Waals surface area contributed by atoms with Gasteiger partial charge >= 0.3 is 6.03 Å². The van der Waals surface area contributed by atoms with Gasteiger partial charge in [0.05, 0.1) is 17.2 Å². The van der Waals surface area contributed by atoms with E-state index in [1.165, 1.54) is 0 Å². The molecule has 1 unspecified atom stereocenters. The summed E-state index contributed by atoms with van der Waals surface area (Å²) in [6, 6.07) is 0.191. The maximum Gasteiger partial charge on any atom is 0.319 e. The Balaban J connectivity index is 1.51. The summed E-state index contributed by atoms with van der Waals surface area (Å²) in [5.41, 5.74) is 4.34. The standard InChI is InChI=1S/C22H27ClF3N5O4S/c23-14-9-15(24)13(17(25)18(14)26)11-35-20-16(19(27)33)21(36-30-20)29-22(34)28-6-2-4-8-31-7-3-1-5-12(31)10-32/h9,12,32H,1-8,10-11H2,(H2,27,33)(H2,28,29,34). The lowest BCUT2D eigenvalue weighted by atomic mass is 10.0. The van der Waals surface area contributed by atoms with Gasteiger partial charge in [-0.25, -0.2) is 18.0 Å². The minimum atomic E-state index is -1.53. The maximum atomic E-state index is 14.0. The van der Waals surface area contributed by atoms with Crippen molar-refractivity contribution in [1.82, 2.24) is 14.6 Å². The molecule has 36 heavy (non-hydrogen) atoms. The minimum absolute atomic E-state index is 0.0164. The summed E-state index contributed by atoms with van der Waals surface area (Å²) >= 11 is 6.09. The van der Waals surface area contributed by atoms with E-state index >= 15 is 0 Å². The number of rotatable bonds is 11. The number of benzene rings is 1. The monoisotopic (exact) mass is 549 g/mol. The van der Waals surface area contributed by atoms with Crippen LogP contribution >= 0.6 is 23.1 Å². The number of carbonyl (C=O) groups excluding carboxylic acids is 2. The number of halogens is 4. The van der Waals surface area contributed by atoms with E-state index in [2.05, 4.69) is 19.9 Å². The van der Waals surface area contributed by atoms with Crippen molar-refractivity contribution in [2.24, 2.45) is 5.73 Å². The van der Waals surface area contributed by atoms with Crippen LogP contribution in [0.25, 0.3) is 0 Å². The Labute approximate surface area is 214 Å². The number of piperidine rings is 1. The van der Waals surface area contributed by atoms with Gasteiger partial charge in [-0.2, -0.15) is 4.37 Å². The lowest BCUT2D eigenvalue weighted by molar-refractivity contribution is 0.0888. The van der Waals surface area contributed by atoms with Crippen LogP contribution in [0.1, 0.15) is 48.0 Å². The molecule has 3 amide bonds. The molecule has 14 heteroatoms. The van der Waals surface area contributed by atoms with E-state index in [1.54, 1.807) is 0 Å². The Morgan fingerprint density at radius 3 is 2.78 bits per heavy atom. The Morgan fingerprint density at radius 2 is 2.06 bits per heavy atom. The molecule has 5 N–H and O–H groups in total. The molecule has 1 aliphatic rings. The number of hydrogen-bond acceptors (Lipinski definition) is 7. The van der Waals surface area contributed by atoms with Gasteiger partial charge in [-0.05, 0) is 56.4 Å². The number of nitrogens with one attached hydrogen (secondary N) is 2. The van der Waals surface area contributed by atoms with Crippen molar-refractivity contribution in [2.75, 3.05) is 31.6 Å². The second-order valence-electron chi connectivity index (χ2n) is 8.25. The quantitative estimate of drug-likeness (QED) is 0.192. The number of hydrogen-bond donors (Lipinski definition) is 4. The van der Waals surface area contributed by atoms with Gasteiger partial charge in [0.1, 0.15) is 23.0 Å². The Morgan fingerprint density at radius 1 is 1.28 bits per heavy atom. The zero-order valence-electron chi connectivity index (χ0n) is 19.3. The fraction of sp³-hybridized carbons (Fsp3) is 0.500. The lowest BCUT2D eigenvalue weighted by Gasteiger charge is -2.34. The van der Waals surface area contributed by atoms with Gasteiger partial charge in [0.2, 0.25) is 5.88 Å². The first-order valence-corrected chi connectivity index (χ1v) is 12.5. The number of likely N-dealkylation sites (tertiary alicyclic amines) is 1. The average molecular weight is 550 g/mol. The molecule has 1 atom stereocenters. The minimum Gasteiger partial charge on any atom is -0.471 e. The number of aliphatic hydroxyl groups is 1. The van der Waals surface area contributed by atoms with E-state index in [0.29, 0.717) is 30.6 Å². The van der Waals surface area contributed by atoms with Gasteiger partial charge < -0.3 is 20.9 Å². The van der Waals surface area contributed by atoms with E-state index in [-0.39, 0.29) is 29.1 Å². The second-order valence-corrected chi connectivity index (χ2v) is 9.43. The molecule has 0 aliphatic carbocycles. The number of aliphatic hydroxyl groups excluding tert-OH is 1. The largest absolute Gasteiger partial charge is 0.471 e. The predicted molar refractivity (Wildman–Crippen MR) is 129 cm³/mol. The molecular formula is C22H27ClF3N5O4S. The van der Waals surface area contributed by atoms with Gasteiger partial charge in [-0.15, -0.1) is 0 Å². The number of amides is 3. The first kappa shape index (κ1) is 28.0. The average Bonchev–Trinajstić information content (AvgIpc) is 3.25.